The molecule has 0 amide bonds. The topological polar surface area (TPSA) is 55.6 Å². The normalized spacial score (nSPS) is 12.1. The lowest BCUT2D eigenvalue weighted by molar-refractivity contribution is 0.858. The molecule has 0 aliphatic heterocycles. The highest BCUT2D eigenvalue weighted by molar-refractivity contribution is 5.39. The highest BCUT2D eigenvalue weighted by atomic mass is 15.2. The molecule has 5 nitrogen and oxygen atoms in total. The predicted molar refractivity (Wildman–Crippen MR) is 82.4 cm³/mol. The molecular formula is C16H17N5. The molecule has 0 bridgehead atoms. The van der Waals surface area contributed by atoms with E-state index in [1.807, 2.05) is 35.9 Å². The molecule has 106 valence electrons. The molecule has 0 aliphatic carbocycles. The zero-order valence-electron chi connectivity index (χ0n) is 12.1. The Morgan fingerprint density at radius 1 is 1.14 bits per heavy atom. The molecule has 1 atom stereocenters. The van der Waals surface area contributed by atoms with E-state index in [-0.39, 0.29) is 6.04 Å². The highest BCUT2D eigenvalue weighted by Crippen LogP contribution is 2.18. The summed E-state index contributed by atoms with van der Waals surface area (Å²) in [4.78, 5) is 13.1. The van der Waals surface area contributed by atoms with Crippen molar-refractivity contribution in [3.05, 3.63) is 66.5 Å². The van der Waals surface area contributed by atoms with Crippen molar-refractivity contribution in [3.63, 3.8) is 0 Å². The number of nitrogens with zero attached hydrogens (tertiary/aromatic N) is 4. The molecule has 5 heteroatoms. The third kappa shape index (κ3) is 2.91. The van der Waals surface area contributed by atoms with Crippen LogP contribution in [0.15, 0.2) is 55.1 Å². The van der Waals surface area contributed by atoms with Crippen LogP contribution >= 0.6 is 0 Å². The van der Waals surface area contributed by atoms with Gasteiger partial charge in [0, 0.05) is 18.4 Å². The summed E-state index contributed by atoms with van der Waals surface area (Å²) < 4.78 is 1.91. The molecule has 1 unspecified atom stereocenters. The van der Waals surface area contributed by atoms with Crippen LogP contribution in [0.4, 0.5) is 5.82 Å². The highest BCUT2D eigenvalue weighted by Gasteiger charge is 2.08. The lowest BCUT2D eigenvalue weighted by Gasteiger charge is -2.15. The number of aromatic nitrogens is 4. The van der Waals surface area contributed by atoms with Gasteiger partial charge in [-0.25, -0.2) is 9.97 Å². The van der Waals surface area contributed by atoms with E-state index in [2.05, 4.69) is 39.3 Å². The first-order valence-electron chi connectivity index (χ1n) is 6.88. The first-order valence-corrected chi connectivity index (χ1v) is 6.88. The van der Waals surface area contributed by atoms with Crippen molar-refractivity contribution in [1.29, 1.82) is 0 Å². The van der Waals surface area contributed by atoms with Gasteiger partial charge in [-0.3, -0.25) is 9.55 Å². The molecule has 0 saturated heterocycles. The average Bonchev–Trinajstić information content (AvgIpc) is 2.94. The average molecular weight is 279 g/mol. The predicted octanol–water partition coefficient (Wildman–Crippen LogP) is 3.14. The van der Waals surface area contributed by atoms with Crippen molar-refractivity contribution in [2.75, 3.05) is 5.32 Å². The fraction of sp³-hybridized carbons (Fsp3) is 0.188. The van der Waals surface area contributed by atoms with Crippen LogP contribution in [0.5, 0.6) is 0 Å². The van der Waals surface area contributed by atoms with Gasteiger partial charge in [-0.15, -0.1) is 0 Å². The molecule has 1 N–H and O–H groups in total. The van der Waals surface area contributed by atoms with E-state index < -0.39 is 0 Å². The first kappa shape index (κ1) is 13.3. The summed E-state index contributed by atoms with van der Waals surface area (Å²) in [7, 11) is 0. The van der Waals surface area contributed by atoms with E-state index in [1.54, 1.807) is 18.6 Å². The van der Waals surface area contributed by atoms with Crippen LogP contribution in [0.3, 0.4) is 0 Å². The van der Waals surface area contributed by atoms with Crippen LogP contribution in [-0.2, 0) is 0 Å². The molecule has 0 saturated carbocycles. The zero-order chi connectivity index (χ0) is 14.7. The Morgan fingerprint density at radius 3 is 2.67 bits per heavy atom. The van der Waals surface area contributed by atoms with Crippen molar-refractivity contribution in [2.24, 2.45) is 0 Å². The van der Waals surface area contributed by atoms with Gasteiger partial charge in [-0.05, 0) is 19.4 Å². The lowest BCUT2D eigenvalue weighted by atomic mass is 10.1. The van der Waals surface area contributed by atoms with Gasteiger partial charge in [-0.2, -0.15) is 0 Å². The van der Waals surface area contributed by atoms with E-state index in [9.17, 15) is 0 Å². The first-order chi connectivity index (χ1) is 10.2. The van der Waals surface area contributed by atoms with Crippen molar-refractivity contribution in [3.8, 4) is 5.82 Å². The Bertz CT molecular complexity index is 720. The Hall–Kier alpha value is -2.69. The molecule has 0 aliphatic rings. The van der Waals surface area contributed by atoms with E-state index in [0.29, 0.717) is 0 Å². The van der Waals surface area contributed by atoms with Crippen LogP contribution in [0.2, 0.25) is 0 Å². The van der Waals surface area contributed by atoms with Crippen LogP contribution in [0.1, 0.15) is 24.4 Å². The van der Waals surface area contributed by atoms with Gasteiger partial charge in [0.05, 0.1) is 12.4 Å². The van der Waals surface area contributed by atoms with Crippen molar-refractivity contribution in [2.45, 2.75) is 19.9 Å². The van der Waals surface area contributed by atoms with Gasteiger partial charge >= 0.3 is 0 Å². The fourth-order valence-electron chi connectivity index (χ4n) is 2.21. The second-order valence-electron chi connectivity index (χ2n) is 4.88. The summed E-state index contributed by atoms with van der Waals surface area (Å²) in [6.45, 7) is 4.04. The molecule has 0 radical (unpaired) electrons. The summed E-state index contributed by atoms with van der Waals surface area (Å²) >= 11 is 0. The summed E-state index contributed by atoms with van der Waals surface area (Å²) in [6.07, 6.45) is 7.09. The van der Waals surface area contributed by atoms with Gasteiger partial charge < -0.3 is 5.32 Å². The SMILES string of the molecule is Cc1nccn1-c1cncc(NC(C)c2ccccc2)n1. The maximum absolute atomic E-state index is 4.59. The van der Waals surface area contributed by atoms with Gasteiger partial charge in [-0.1, -0.05) is 30.3 Å². The molecule has 0 fully saturated rings. The van der Waals surface area contributed by atoms with Crippen LogP contribution in [0.25, 0.3) is 5.82 Å². The molecule has 3 aromatic rings. The van der Waals surface area contributed by atoms with Crippen LogP contribution in [-0.4, -0.2) is 19.5 Å². The van der Waals surface area contributed by atoms with Crippen LogP contribution in [0, 0.1) is 6.92 Å². The standard InChI is InChI=1S/C16H17N5/c1-12(14-6-4-3-5-7-14)19-15-10-17-11-16(20-15)21-9-8-18-13(21)2/h3-12H,1-2H3,(H,19,20). The minimum absolute atomic E-state index is 0.166. The number of rotatable bonds is 4. The quantitative estimate of drug-likeness (QED) is 0.797. The molecule has 21 heavy (non-hydrogen) atoms. The number of hydrogen-bond donors (Lipinski definition) is 1. The summed E-state index contributed by atoms with van der Waals surface area (Å²) in [5.74, 6) is 2.39. The minimum Gasteiger partial charge on any atom is -0.362 e. The number of hydrogen-bond acceptors (Lipinski definition) is 4. The fourth-order valence-corrected chi connectivity index (χ4v) is 2.21. The summed E-state index contributed by atoms with van der Waals surface area (Å²) in [6, 6.07) is 10.4. The summed E-state index contributed by atoms with van der Waals surface area (Å²) in [5, 5.41) is 3.37. The van der Waals surface area contributed by atoms with Gasteiger partial charge in [0.2, 0.25) is 0 Å². The second kappa shape index (κ2) is 5.75. The van der Waals surface area contributed by atoms with Crippen molar-refractivity contribution in [1.82, 2.24) is 19.5 Å². The Balaban J connectivity index is 1.82. The van der Waals surface area contributed by atoms with E-state index in [1.165, 1.54) is 5.56 Å². The van der Waals surface area contributed by atoms with Gasteiger partial charge in [0.1, 0.15) is 11.6 Å². The molecule has 3 rings (SSSR count). The van der Waals surface area contributed by atoms with Gasteiger partial charge in [0.15, 0.2) is 5.82 Å². The Kier molecular flexibility index (Phi) is 3.64. The number of anilines is 1. The minimum atomic E-state index is 0.166. The Labute approximate surface area is 123 Å². The maximum Gasteiger partial charge on any atom is 0.159 e. The van der Waals surface area contributed by atoms with E-state index in [4.69, 9.17) is 0 Å². The lowest BCUT2D eigenvalue weighted by Crippen LogP contribution is -2.09. The van der Waals surface area contributed by atoms with Crippen molar-refractivity contribution < 1.29 is 0 Å². The molecule has 2 heterocycles. The molecule has 2 aromatic heterocycles. The second-order valence-corrected chi connectivity index (χ2v) is 4.88. The van der Waals surface area contributed by atoms with E-state index >= 15 is 0 Å². The van der Waals surface area contributed by atoms with Gasteiger partial charge in [0.25, 0.3) is 0 Å². The third-order valence-corrected chi connectivity index (χ3v) is 3.36. The van der Waals surface area contributed by atoms with E-state index in [0.717, 1.165) is 17.5 Å². The third-order valence-electron chi connectivity index (χ3n) is 3.36. The monoisotopic (exact) mass is 279 g/mol. The molecular weight excluding hydrogens is 262 g/mol. The zero-order valence-corrected chi connectivity index (χ0v) is 12.1. The van der Waals surface area contributed by atoms with Crippen LogP contribution < -0.4 is 5.32 Å². The molecule has 1 aromatic carbocycles. The number of nitrogens with one attached hydrogen (secondary N) is 1. The molecule has 0 spiro atoms. The largest absolute Gasteiger partial charge is 0.362 e. The van der Waals surface area contributed by atoms with Crippen molar-refractivity contribution >= 4 is 5.82 Å². The number of aryl methyl sites for hydroxylation is 1. The smallest absolute Gasteiger partial charge is 0.159 e. The Morgan fingerprint density at radius 2 is 1.95 bits per heavy atom. The number of imidazole rings is 1. The summed E-state index contributed by atoms with van der Waals surface area (Å²) in [5.41, 5.74) is 1.21. The maximum atomic E-state index is 4.59. The number of benzene rings is 1.